The zero-order valence-electron chi connectivity index (χ0n) is 18.7. The number of thiazole rings is 1. The number of aromatic nitrogens is 1. The van der Waals surface area contributed by atoms with Gasteiger partial charge >= 0.3 is 0 Å². The zero-order chi connectivity index (χ0) is 23.9. The number of rotatable bonds is 8. The summed E-state index contributed by atoms with van der Waals surface area (Å²) in [5, 5.41) is 8.19. The van der Waals surface area contributed by atoms with Gasteiger partial charge in [0.15, 0.2) is 5.13 Å². The molecule has 4 aromatic rings. The number of hydrogen-bond donors (Lipinski definition) is 2. The van der Waals surface area contributed by atoms with Crippen molar-refractivity contribution in [3.63, 3.8) is 0 Å². The largest absolute Gasteiger partial charge is 0.497 e. The monoisotopic (exact) mass is 489 g/mol. The number of amides is 2. The highest BCUT2D eigenvalue weighted by Crippen LogP contribution is 2.28. The van der Waals surface area contributed by atoms with E-state index in [1.54, 1.807) is 19.2 Å². The van der Waals surface area contributed by atoms with Gasteiger partial charge in [-0.05, 0) is 55.5 Å². The first-order valence-corrected chi connectivity index (χ1v) is 12.4. The van der Waals surface area contributed by atoms with E-state index in [2.05, 4.69) is 15.6 Å². The van der Waals surface area contributed by atoms with E-state index in [0.717, 1.165) is 27.5 Å². The van der Waals surface area contributed by atoms with Crippen molar-refractivity contribution >= 4 is 45.7 Å². The number of carbonyl (C=O) groups is 2. The maximum atomic E-state index is 12.4. The molecule has 0 unspecified atom stereocenters. The number of thioether (sulfide) groups is 1. The Morgan fingerprint density at radius 1 is 1.00 bits per heavy atom. The third-order valence-electron chi connectivity index (χ3n) is 4.91. The quantitative estimate of drug-likeness (QED) is 0.292. The highest BCUT2D eigenvalue weighted by molar-refractivity contribution is 8.00. The zero-order valence-corrected chi connectivity index (χ0v) is 20.3. The number of ether oxygens (including phenoxy) is 1. The highest BCUT2D eigenvalue weighted by atomic mass is 32.2. The predicted molar refractivity (Wildman–Crippen MR) is 139 cm³/mol. The molecule has 4 rings (SSSR count). The van der Waals surface area contributed by atoms with E-state index in [4.69, 9.17) is 4.74 Å². The van der Waals surface area contributed by atoms with Crippen LogP contribution in [-0.4, -0.2) is 29.7 Å². The number of hydrogen-bond acceptors (Lipinski definition) is 6. The van der Waals surface area contributed by atoms with Crippen LogP contribution in [0.1, 0.15) is 15.9 Å². The van der Waals surface area contributed by atoms with Gasteiger partial charge in [-0.3, -0.25) is 9.59 Å². The summed E-state index contributed by atoms with van der Waals surface area (Å²) in [5.74, 6) is 0.724. The van der Waals surface area contributed by atoms with Crippen LogP contribution in [0, 0.1) is 6.92 Å². The molecule has 0 saturated carbocycles. The van der Waals surface area contributed by atoms with E-state index in [1.807, 2.05) is 73.0 Å². The summed E-state index contributed by atoms with van der Waals surface area (Å²) in [4.78, 5) is 30.2. The molecule has 172 valence electrons. The molecular weight excluding hydrogens is 466 g/mol. The average Bonchev–Trinajstić information content (AvgIpc) is 3.32. The third kappa shape index (κ3) is 6.24. The smallest absolute Gasteiger partial charge is 0.255 e. The van der Waals surface area contributed by atoms with Crippen molar-refractivity contribution in [1.29, 1.82) is 0 Å². The fraction of sp³-hybridized carbons (Fsp3) is 0.115. The van der Waals surface area contributed by atoms with Crippen LogP contribution in [0.4, 0.5) is 10.8 Å². The van der Waals surface area contributed by atoms with Gasteiger partial charge in [0.25, 0.3) is 5.91 Å². The third-order valence-corrected chi connectivity index (χ3v) is 6.68. The first kappa shape index (κ1) is 23.5. The first-order valence-electron chi connectivity index (χ1n) is 10.5. The van der Waals surface area contributed by atoms with Gasteiger partial charge in [0, 0.05) is 27.1 Å². The summed E-state index contributed by atoms with van der Waals surface area (Å²) in [5.41, 5.74) is 4.13. The van der Waals surface area contributed by atoms with E-state index < -0.39 is 0 Å². The number of nitrogens with zero attached hydrogens (tertiary/aromatic N) is 1. The minimum absolute atomic E-state index is 0.131. The Morgan fingerprint density at radius 3 is 2.50 bits per heavy atom. The molecule has 0 bridgehead atoms. The molecule has 1 aromatic heterocycles. The van der Waals surface area contributed by atoms with Crippen LogP contribution >= 0.6 is 23.1 Å². The molecular formula is C26H23N3O3S2. The van der Waals surface area contributed by atoms with Crippen molar-refractivity contribution < 1.29 is 14.3 Å². The maximum absolute atomic E-state index is 12.4. The number of methoxy groups -OCH3 is 1. The Balaban J connectivity index is 1.27. The van der Waals surface area contributed by atoms with Crippen LogP contribution < -0.4 is 15.4 Å². The lowest BCUT2D eigenvalue weighted by atomic mass is 10.1. The Morgan fingerprint density at radius 2 is 1.76 bits per heavy atom. The molecule has 0 aliphatic carbocycles. The van der Waals surface area contributed by atoms with Crippen molar-refractivity contribution in [2.45, 2.75) is 11.8 Å². The Kier molecular flexibility index (Phi) is 7.61. The second-order valence-corrected chi connectivity index (χ2v) is 9.36. The van der Waals surface area contributed by atoms with Crippen molar-refractivity contribution in [3.8, 4) is 17.0 Å². The minimum Gasteiger partial charge on any atom is -0.497 e. The van der Waals surface area contributed by atoms with Crippen LogP contribution in [0.25, 0.3) is 11.3 Å². The number of anilines is 2. The van der Waals surface area contributed by atoms with Crippen molar-refractivity contribution in [2.75, 3.05) is 23.5 Å². The van der Waals surface area contributed by atoms with Gasteiger partial charge in [-0.25, -0.2) is 4.98 Å². The van der Waals surface area contributed by atoms with Crippen LogP contribution in [0.2, 0.25) is 0 Å². The molecule has 6 nitrogen and oxygen atoms in total. The summed E-state index contributed by atoms with van der Waals surface area (Å²) in [6, 6.07) is 22.5. The highest BCUT2D eigenvalue weighted by Gasteiger charge is 2.10. The Hall–Kier alpha value is -3.62. The number of carbonyl (C=O) groups excluding carboxylic acids is 2. The van der Waals surface area contributed by atoms with E-state index >= 15 is 0 Å². The first-order chi connectivity index (χ1) is 16.5. The molecule has 0 aliphatic rings. The Labute approximate surface area is 206 Å². The van der Waals surface area contributed by atoms with E-state index in [9.17, 15) is 9.59 Å². The van der Waals surface area contributed by atoms with E-state index in [-0.39, 0.29) is 17.6 Å². The van der Waals surface area contributed by atoms with Gasteiger partial charge in [0.2, 0.25) is 5.91 Å². The fourth-order valence-corrected chi connectivity index (χ4v) is 4.53. The number of aryl methyl sites for hydroxylation is 1. The SMILES string of the molecule is COc1cccc(-c2csc(NC(=O)CSc3ccc(NC(=O)c4ccc(C)cc4)cc3)n2)c1. The average molecular weight is 490 g/mol. The molecule has 2 amide bonds. The van der Waals surface area contributed by atoms with Crippen molar-refractivity contribution in [2.24, 2.45) is 0 Å². The summed E-state index contributed by atoms with van der Waals surface area (Å²) >= 11 is 2.80. The minimum atomic E-state index is -0.156. The van der Waals surface area contributed by atoms with E-state index in [0.29, 0.717) is 16.4 Å². The fourth-order valence-electron chi connectivity index (χ4n) is 3.09. The second-order valence-electron chi connectivity index (χ2n) is 7.45. The molecule has 8 heteroatoms. The van der Waals surface area contributed by atoms with Crippen molar-refractivity contribution in [3.05, 3.63) is 89.3 Å². The molecule has 0 atom stereocenters. The lowest BCUT2D eigenvalue weighted by Gasteiger charge is -2.07. The Bertz CT molecular complexity index is 1290. The van der Waals surface area contributed by atoms with Crippen LogP contribution in [0.5, 0.6) is 5.75 Å². The van der Waals surface area contributed by atoms with E-state index in [1.165, 1.54) is 23.1 Å². The second kappa shape index (κ2) is 11.0. The van der Waals surface area contributed by atoms with Crippen molar-refractivity contribution in [1.82, 2.24) is 4.98 Å². The molecule has 0 radical (unpaired) electrons. The summed E-state index contributed by atoms with van der Waals surface area (Å²) in [6.07, 6.45) is 0. The molecule has 34 heavy (non-hydrogen) atoms. The molecule has 0 fully saturated rings. The van der Waals surface area contributed by atoms with Crippen LogP contribution in [0.15, 0.2) is 83.1 Å². The summed E-state index contributed by atoms with van der Waals surface area (Å²) in [7, 11) is 1.62. The van der Waals surface area contributed by atoms with Gasteiger partial charge in [-0.15, -0.1) is 23.1 Å². The number of nitrogens with one attached hydrogen (secondary N) is 2. The normalized spacial score (nSPS) is 10.5. The molecule has 3 aromatic carbocycles. The number of benzene rings is 3. The van der Waals surface area contributed by atoms with Gasteiger partial charge in [-0.1, -0.05) is 29.8 Å². The van der Waals surface area contributed by atoms with Crippen LogP contribution in [0.3, 0.4) is 0 Å². The maximum Gasteiger partial charge on any atom is 0.255 e. The van der Waals surface area contributed by atoms with Gasteiger partial charge in [0.05, 0.1) is 18.6 Å². The molecule has 2 N–H and O–H groups in total. The summed E-state index contributed by atoms with van der Waals surface area (Å²) in [6.45, 7) is 1.98. The molecule has 0 aliphatic heterocycles. The lowest BCUT2D eigenvalue weighted by molar-refractivity contribution is -0.113. The predicted octanol–water partition coefficient (Wildman–Crippen LogP) is 6.11. The summed E-state index contributed by atoms with van der Waals surface area (Å²) < 4.78 is 5.25. The van der Waals surface area contributed by atoms with Gasteiger partial charge in [0.1, 0.15) is 5.75 Å². The molecule has 1 heterocycles. The van der Waals surface area contributed by atoms with Gasteiger partial charge < -0.3 is 15.4 Å². The standard InChI is InChI=1S/C26H23N3O3S2/c1-17-6-8-18(9-7-17)25(31)27-20-10-12-22(13-11-20)33-16-24(30)29-26-28-23(15-34-26)19-4-3-5-21(14-19)32-2/h3-15H,16H2,1-2H3,(H,27,31)(H,28,29,30). The van der Waals surface area contributed by atoms with Gasteiger partial charge in [-0.2, -0.15) is 0 Å². The molecule has 0 saturated heterocycles. The van der Waals surface area contributed by atoms with Crippen LogP contribution in [-0.2, 0) is 4.79 Å². The molecule has 0 spiro atoms. The lowest BCUT2D eigenvalue weighted by Crippen LogP contribution is -2.13. The topological polar surface area (TPSA) is 80.3 Å².